The molecule has 0 saturated heterocycles. The van der Waals surface area contributed by atoms with Gasteiger partial charge >= 0.3 is 5.97 Å². The van der Waals surface area contributed by atoms with Crippen molar-refractivity contribution >= 4 is 11.9 Å². The fourth-order valence-corrected chi connectivity index (χ4v) is 3.12. The Morgan fingerprint density at radius 1 is 0.733 bits per heavy atom. The van der Waals surface area contributed by atoms with Crippen molar-refractivity contribution in [3.8, 4) is 0 Å². The van der Waals surface area contributed by atoms with Crippen LogP contribution in [-0.2, 0) is 34.0 Å². The third kappa shape index (κ3) is 6.57. The van der Waals surface area contributed by atoms with Crippen LogP contribution in [0.25, 0.3) is 0 Å². The average Bonchev–Trinajstić information content (AvgIpc) is 2.79. The van der Waals surface area contributed by atoms with Crippen molar-refractivity contribution < 1.29 is 14.3 Å². The summed E-state index contributed by atoms with van der Waals surface area (Å²) < 4.78 is 5.28. The Morgan fingerprint density at radius 3 is 1.63 bits per heavy atom. The molecule has 5 heteroatoms. The van der Waals surface area contributed by atoms with Crippen LogP contribution in [0.1, 0.15) is 23.1 Å². The number of carbonyl (C=O) groups excluding carboxylic acids is 2. The van der Waals surface area contributed by atoms with E-state index in [1.165, 1.54) is 0 Å². The van der Waals surface area contributed by atoms with Crippen LogP contribution < -0.4 is 5.73 Å². The highest BCUT2D eigenvalue weighted by molar-refractivity contribution is 5.86. The SMILES string of the molecule is N[C@@H](CC(=O)OCc1ccccc1)C(=O)N(Cc1ccccc1)Cc1ccccc1. The summed E-state index contributed by atoms with van der Waals surface area (Å²) in [7, 11) is 0. The first-order chi connectivity index (χ1) is 14.6. The largest absolute Gasteiger partial charge is 0.461 e. The Hall–Kier alpha value is -3.44. The van der Waals surface area contributed by atoms with Crippen LogP contribution >= 0.6 is 0 Å². The molecular weight excluding hydrogens is 376 g/mol. The van der Waals surface area contributed by atoms with Crippen LogP contribution in [0.15, 0.2) is 91.0 Å². The summed E-state index contributed by atoms with van der Waals surface area (Å²) in [5.74, 6) is -0.765. The first-order valence-corrected chi connectivity index (χ1v) is 9.93. The van der Waals surface area contributed by atoms with Crippen molar-refractivity contribution in [3.63, 3.8) is 0 Å². The van der Waals surface area contributed by atoms with Crippen molar-refractivity contribution in [1.82, 2.24) is 4.90 Å². The summed E-state index contributed by atoms with van der Waals surface area (Å²) in [4.78, 5) is 26.9. The molecule has 0 spiro atoms. The van der Waals surface area contributed by atoms with E-state index >= 15 is 0 Å². The Morgan fingerprint density at radius 2 is 1.17 bits per heavy atom. The topological polar surface area (TPSA) is 72.6 Å². The molecule has 1 atom stereocenters. The van der Waals surface area contributed by atoms with Gasteiger partial charge in [-0.2, -0.15) is 0 Å². The lowest BCUT2D eigenvalue weighted by molar-refractivity contribution is -0.148. The molecule has 0 heterocycles. The molecule has 0 unspecified atom stereocenters. The van der Waals surface area contributed by atoms with E-state index in [0.29, 0.717) is 13.1 Å². The van der Waals surface area contributed by atoms with Crippen molar-refractivity contribution in [2.45, 2.75) is 32.2 Å². The molecule has 5 nitrogen and oxygen atoms in total. The maximum atomic E-state index is 13.1. The smallest absolute Gasteiger partial charge is 0.308 e. The molecule has 0 fully saturated rings. The lowest BCUT2D eigenvalue weighted by Gasteiger charge is -2.26. The van der Waals surface area contributed by atoms with Gasteiger partial charge < -0.3 is 15.4 Å². The second kappa shape index (κ2) is 10.9. The number of ether oxygens (including phenoxy) is 1. The van der Waals surface area contributed by atoms with E-state index in [9.17, 15) is 9.59 Å². The van der Waals surface area contributed by atoms with Gasteiger partial charge in [-0.3, -0.25) is 9.59 Å². The van der Waals surface area contributed by atoms with E-state index in [-0.39, 0.29) is 18.9 Å². The Bertz CT molecular complexity index is 889. The molecule has 0 radical (unpaired) electrons. The fourth-order valence-electron chi connectivity index (χ4n) is 3.12. The number of nitrogens with two attached hydrogens (primary N) is 1. The number of rotatable bonds is 9. The zero-order valence-electron chi connectivity index (χ0n) is 16.8. The standard InChI is InChI=1S/C25H26N2O3/c26-23(16-24(28)30-19-22-14-8-3-9-15-22)25(29)27(17-20-10-4-1-5-11-20)18-21-12-6-2-7-13-21/h1-15,23H,16-19,26H2/t23-/m0/s1. The molecule has 3 aromatic rings. The third-order valence-electron chi connectivity index (χ3n) is 4.69. The predicted octanol–water partition coefficient (Wildman–Crippen LogP) is 3.68. The normalized spacial score (nSPS) is 11.5. The number of esters is 1. The quantitative estimate of drug-likeness (QED) is 0.554. The van der Waals surface area contributed by atoms with E-state index in [2.05, 4.69) is 0 Å². The number of hydrogen-bond acceptors (Lipinski definition) is 4. The van der Waals surface area contributed by atoms with Gasteiger partial charge in [-0.1, -0.05) is 91.0 Å². The maximum absolute atomic E-state index is 13.1. The number of amides is 1. The zero-order valence-corrected chi connectivity index (χ0v) is 16.8. The van der Waals surface area contributed by atoms with Gasteiger partial charge in [0.25, 0.3) is 0 Å². The van der Waals surface area contributed by atoms with Gasteiger partial charge in [0, 0.05) is 13.1 Å². The summed E-state index contributed by atoms with van der Waals surface area (Å²) in [6, 6.07) is 27.9. The zero-order chi connectivity index (χ0) is 21.2. The molecule has 1 amide bonds. The number of nitrogens with zero attached hydrogens (tertiary/aromatic N) is 1. The van der Waals surface area contributed by atoms with Crippen molar-refractivity contribution in [2.24, 2.45) is 5.73 Å². The van der Waals surface area contributed by atoms with Crippen molar-refractivity contribution in [2.75, 3.05) is 0 Å². The van der Waals surface area contributed by atoms with Crippen molar-refractivity contribution in [1.29, 1.82) is 0 Å². The monoisotopic (exact) mass is 402 g/mol. The molecule has 2 N–H and O–H groups in total. The first-order valence-electron chi connectivity index (χ1n) is 9.93. The van der Waals surface area contributed by atoms with Crippen LogP contribution in [0.3, 0.4) is 0 Å². The fraction of sp³-hybridized carbons (Fsp3) is 0.200. The highest BCUT2D eigenvalue weighted by Gasteiger charge is 2.24. The summed E-state index contributed by atoms with van der Waals surface area (Å²) in [6.45, 7) is 1.00. The van der Waals surface area contributed by atoms with Gasteiger partial charge in [-0.05, 0) is 16.7 Å². The molecular formula is C25H26N2O3. The van der Waals surface area contributed by atoms with Gasteiger partial charge in [0.15, 0.2) is 0 Å². The van der Waals surface area contributed by atoms with E-state index < -0.39 is 12.0 Å². The first kappa shape index (κ1) is 21.3. The molecule has 154 valence electrons. The third-order valence-corrected chi connectivity index (χ3v) is 4.69. The minimum atomic E-state index is -0.958. The highest BCUT2D eigenvalue weighted by Crippen LogP contribution is 2.13. The van der Waals surface area contributed by atoms with Gasteiger partial charge in [-0.25, -0.2) is 0 Å². The van der Waals surface area contributed by atoms with Crippen LogP contribution in [0, 0.1) is 0 Å². The molecule has 0 aliphatic carbocycles. The van der Waals surface area contributed by atoms with Gasteiger partial charge in [0.1, 0.15) is 6.61 Å². The van der Waals surface area contributed by atoms with Crippen LogP contribution in [0.2, 0.25) is 0 Å². The predicted molar refractivity (Wildman–Crippen MR) is 116 cm³/mol. The number of benzene rings is 3. The summed E-state index contributed by atoms with van der Waals surface area (Å²) in [5.41, 5.74) is 8.99. The molecule has 3 rings (SSSR count). The molecule has 3 aromatic carbocycles. The van der Waals surface area contributed by atoms with E-state index in [1.54, 1.807) is 4.90 Å². The molecule has 0 saturated carbocycles. The number of hydrogen-bond donors (Lipinski definition) is 1. The Labute approximate surface area is 177 Å². The van der Waals surface area contributed by atoms with Crippen molar-refractivity contribution in [3.05, 3.63) is 108 Å². The second-order valence-electron chi connectivity index (χ2n) is 7.12. The lowest BCUT2D eigenvalue weighted by atomic mass is 10.1. The molecule has 0 aliphatic rings. The van der Waals surface area contributed by atoms with E-state index in [4.69, 9.17) is 10.5 Å². The van der Waals surface area contributed by atoms with Crippen LogP contribution in [0.4, 0.5) is 0 Å². The summed E-state index contributed by atoms with van der Waals surface area (Å²) in [5, 5.41) is 0. The molecule has 30 heavy (non-hydrogen) atoms. The highest BCUT2D eigenvalue weighted by atomic mass is 16.5. The maximum Gasteiger partial charge on any atom is 0.308 e. The van der Waals surface area contributed by atoms with Gasteiger partial charge in [-0.15, -0.1) is 0 Å². The minimum Gasteiger partial charge on any atom is -0.461 e. The minimum absolute atomic E-state index is 0.161. The Balaban J connectivity index is 1.62. The van der Waals surface area contributed by atoms with Gasteiger partial charge in [0.05, 0.1) is 12.5 Å². The van der Waals surface area contributed by atoms with E-state index in [1.807, 2.05) is 91.0 Å². The van der Waals surface area contributed by atoms with Crippen LogP contribution in [0.5, 0.6) is 0 Å². The summed E-state index contributed by atoms with van der Waals surface area (Å²) in [6.07, 6.45) is -0.161. The van der Waals surface area contributed by atoms with Crippen LogP contribution in [-0.4, -0.2) is 22.8 Å². The molecule has 0 bridgehead atoms. The van der Waals surface area contributed by atoms with E-state index in [0.717, 1.165) is 16.7 Å². The second-order valence-corrected chi connectivity index (χ2v) is 7.12. The molecule has 0 aromatic heterocycles. The summed E-state index contributed by atoms with van der Waals surface area (Å²) >= 11 is 0. The Kier molecular flexibility index (Phi) is 7.75. The number of carbonyl (C=O) groups is 2. The average molecular weight is 402 g/mol. The molecule has 0 aliphatic heterocycles. The lowest BCUT2D eigenvalue weighted by Crippen LogP contribution is -2.44. The van der Waals surface area contributed by atoms with Gasteiger partial charge in [0.2, 0.25) is 5.91 Å².